The molecule has 0 unspecified atom stereocenters. The van der Waals surface area contributed by atoms with Crippen molar-refractivity contribution >= 4 is 16.7 Å². The van der Waals surface area contributed by atoms with Crippen LogP contribution in [-0.4, -0.2) is 36.9 Å². The Balaban J connectivity index is 1.65. The zero-order valence-corrected chi connectivity index (χ0v) is 18.7. The van der Waals surface area contributed by atoms with Crippen LogP contribution in [0.15, 0.2) is 36.4 Å². The molecule has 4 rings (SSSR count). The molecule has 2 atom stereocenters. The summed E-state index contributed by atoms with van der Waals surface area (Å²) < 4.78 is 56.4. The van der Waals surface area contributed by atoms with Gasteiger partial charge in [-0.05, 0) is 44.0 Å². The molecule has 1 aliphatic heterocycles. The molecule has 3 aromatic rings. The van der Waals surface area contributed by atoms with Crippen molar-refractivity contribution < 1.29 is 27.4 Å². The maximum atomic E-state index is 13.1. The molecule has 0 amide bonds. The van der Waals surface area contributed by atoms with E-state index < -0.39 is 17.8 Å². The molecular weight excluding hydrogens is 435 g/mol. The lowest BCUT2D eigenvalue weighted by Crippen LogP contribution is -2.13. The Morgan fingerprint density at radius 1 is 1.18 bits per heavy atom. The number of nitrogens with one attached hydrogen (secondary N) is 1. The van der Waals surface area contributed by atoms with Gasteiger partial charge in [-0.25, -0.2) is 9.97 Å². The summed E-state index contributed by atoms with van der Waals surface area (Å²) in [5.41, 5.74) is 0.462. The number of anilines is 1. The van der Waals surface area contributed by atoms with E-state index in [1.54, 1.807) is 33.1 Å². The van der Waals surface area contributed by atoms with Crippen molar-refractivity contribution in [3.63, 3.8) is 0 Å². The number of hydrogen-bond acceptors (Lipinski definition) is 6. The van der Waals surface area contributed by atoms with Gasteiger partial charge in [0.2, 0.25) is 0 Å². The molecule has 0 radical (unpaired) electrons. The predicted octanol–water partition coefficient (Wildman–Crippen LogP) is 5.55. The Kier molecular flexibility index (Phi) is 6.60. The maximum absolute atomic E-state index is 13.1. The van der Waals surface area contributed by atoms with Crippen LogP contribution in [0, 0.1) is 12.8 Å². The first-order valence-corrected chi connectivity index (χ1v) is 10.7. The Morgan fingerprint density at radius 2 is 2.00 bits per heavy atom. The molecule has 0 saturated carbocycles. The van der Waals surface area contributed by atoms with Crippen LogP contribution in [0.3, 0.4) is 0 Å². The van der Waals surface area contributed by atoms with E-state index in [2.05, 4.69) is 15.3 Å². The van der Waals surface area contributed by atoms with Crippen LogP contribution < -0.4 is 14.8 Å². The average molecular weight is 461 g/mol. The summed E-state index contributed by atoms with van der Waals surface area (Å²) in [6.07, 6.45) is -3.46. The molecule has 2 aromatic carbocycles. The number of aromatic nitrogens is 2. The third kappa shape index (κ3) is 5.30. The van der Waals surface area contributed by atoms with Crippen LogP contribution in [0.4, 0.5) is 19.0 Å². The lowest BCUT2D eigenvalue weighted by molar-refractivity contribution is -0.137. The van der Waals surface area contributed by atoms with Crippen LogP contribution in [0.25, 0.3) is 10.9 Å². The van der Waals surface area contributed by atoms with E-state index in [-0.39, 0.29) is 0 Å². The van der Waals surface area contributed by atoms with E-state index in [1.807, 2.05) is 6.07 Å². The van der Waals surface area contributed by atoms with Crippen molar-refractivity contribution in [2.75, 3.05) is 32.2 Å². The van der Waals surface area contributed by atoms with Gasteiger partial charge in [0.25, 0.3) is 0 Å². The smallest absolute Gasteiger partial charge is 0.416 e. The van der Waals surface area contributed by atoms with Gasteiger partial charge < -0.3 is 19.5 Å². The summed E-state index contributed by atoms with van der Waals surface area (Å²) in [6, 6.07) is 8.44. The van der Waals surface area contributed by atoms with Crippen molar-refractivity contribution in [3.05, 3.63) is 53.3 Å². The Bertz CT molecular complexity index is 1130. The van der Waals surface area contributed by atoms with Gasteiger partial charge in [0.1, 0.15) is 11.6 Å². The highest BCUT2D eigenvalue weighted by molar-refractivity contribution is 5.92. The number of aryl methyl sites for hydroxylation is 1. The molecule has 0 bridgehead atoms. The normalized spacial score (nSPS) is 17.2. The highest BCUT2D eigenvalue weighted by Gasteiger charge is 2.30. The van der Waals surface area contributed by atoms with Crippen molar-refractivity contribution in [2.24, 2.45) is 5.92 Å². The highest BCUT2D eigenvalue weighted by atomic mass is 19.4. The fraction of sp³-hybridized carbons (Fsp3) is 0.417. The summed E-state index contributed by atoms with van der Waals surface area (Å²) >= 11 is 0. The highest BCUT2D eigenvalue weighted by Crippen LogP contribution is 2.36. The summed E-state index contributed by atoms with van der Waals surface area (Å²) in [6.45, 7) is 5.45. The molecule has 1 fully saturated rings. The van der Waals surface area contributed by atoms with Crippen LogP contribution in [0.1, 0.15) is 36.3 Å². The fourth-order valence-corrected chi connectivity index (χ4v) is 3.83. The maximum Gasteiger partial charge on any atom is 0.416 e. The number of hydrogen-bond donors (Lipinski definition) is 1. The van der Waals surface area contributed by atoms with Crippen LogP contribution in [-0.2, 0) is 10.9 Å². The van der Waals surface area contributed by atoms with E-state index in [1.165, 1.54) is 6.07 Å². The zero-order valence-electron chi connectivity index (χ0n) is 18.7. The van der Waals surface area contributed by atoms with Gasteiger partial charge >= 0.3 is 6.18 Å². The zero-order chi connectivity index (χ0) is 23.6. The van der Waals surface area contributed by atoms with Gasteiger partial charge in [-0.2, -0.15) is 13.2 Å². The number of halogens is 3. The molecule has 1 aromatic heterocycles. The first-order valence-electron chi connectivity index (χ1n) is 10.7. The van der Waals surface area contributed by atoms with Gasteiger partial charge in [-0.1, -0.05) is 12.1 Å². The van der Waals surface area contributed by atoms with Gasteiger partial charge in [0.05, 0.1) is 31.4 Å². The Labute approximate surface area is 190 Å². The van der Waals surface area contributed by atoms with E-state index in [0.29, 0.717) is 58.7 Å². The summed E-state index contributed by atoms with van der Waals surface area (Å²) in [4.78, 5) is 9.01. The van der Waals surface area contributed by atoms with Crippen molar-refractivity contribution in [1.29, 1.82) is 0 Å². The Hall–Kier alpha value is -3.07. The van der Waals surface area contributed by atoms with Gasteiger partial charge in [-0.15, -0.1) is 0 Å². The van der Waals surface area contributed by atoms with Crippen LogP contribution in [0.5, 0.6) is 11.5 Å². The minimum Gasteiger partial charge on any atom is -0.493 e. The minimum absolute atomic E-state index is 0.318. The predicted molar refractivity (Wildman–Crippen MR) is 119 cm³/mol. The largest absolute Gasteiger partial charge is 0.493 e. The topological polar surface area (TPSA) is 65.5 Å². The third-order valence-electron chi connectivity index (χ3n) is 5.66. The lowest BCUT2D eigenvalue weighted by Gasteiger charge is -2.19. The molecule has 1 saturated heterocycles. The number of fused-ring (bicyclic) bond motifs is 1. The van der Waals surface area contributed by atoms with E-state index in [9.17, 15) is 13.2 Å². The second-order valence-electron chi connectivity index (χ2n) is 8.17. The van der Waals surface area contributed by atoms with Gasteiger partial charge in [-0.3, -0.25) is 0 Å². The monoisotopic (exact) mass is 461 g/mol. The molecular formula is C24H26F3N3O3. The van der Waals surface area contributed by atoms with E-state index in [0.717, 1.165) is 25.2 Å². The summed E-state index contributed by atoms with van der Waals surface area (Å²) in [5.74, 6) is 2.47. The van der Waals surface area contributed by atoms with Crippen LogP contribution in [0.2, 0.25) is 0 Å². The SMILES string of the molecule is COc1cc2nc(C)nc(N[C@H](C)c3cccc(C(F)(F)F)c3)c2cc1OC[C@@H]1CCOC1. The summed E-state index contributed by atoms with van der Waals surface area (Å²) in [5, 5.41) is 3.94. The number of methoxy groups -OCH3 is 1. The first kappa shape index (κ1) is 23.1. The molecule has 6 nitrogen and oxygen atoms in total. The van der Waals surface area contributed by atoms with Crippen molar-refractivity contribution in [1.82, 2.24) is 9.97 Å². The molecule has 0 aliphatic carbocycles. The van der Waals surface area contributed by atoms with E-state index >= 15 is 0 Å². The molecule has 33 heavy (non-hydrogen) atoms. The van der Waals surface area contributed by atoms with Crippen LogP contribution >= 0.6 is 0 Å². The molecule has 1 aliphatic rings. The number of nitrogens with zero attached hydrogens (tertiary/aromatic N) is 2. The third-order valence-corrected chi connectivity index (χ3v) is 5.66. The molecule has 9 heteroatoms. The number of benzene rings is 2. The minimum atomic E-state index is -4.40. The molecule has 0 spiro atoms. The summed E-state index contributed by atoms with van der Waals surface area (Å²) in [7, 11) is 1.57. The second kappa shape index (κ2) is 9.43. The van der Waals surface area contributed by atoms with Gasteiger partial charge in [0, 0.05) is 30.0 Å². The molecule has 1 N–H and O–H groups in total. The molecule has 2 heterocycles. The Morgan fingerprint density at radius 3 is 2.70 bits per heavy atom. The average Bonchev–Trinajstić information content (AvgIpc) is 3.30. The van der Waals surface area contributed by atoms with Gasteiger partial charge in [0.15, 0.2) is 11.5 Å². The van der Waals surface area contributed by atoms with Crippen molar-refractivity contribution in [2.45, 2.75) is 32.5 Å². The number of alkyl halides is 3. The lowest BCUT2D eigenvalue weighted by atomic mass is 10.0. The first-order chi connectivity index (χ1) is 15.7. The number of rotatable bonds is 7. The quantitative estimate of drug-likeness (QED) is 0.497. The number of ether oxygens (including phenoxy) is 3. The molecule has 176 valence electrons. The van der Waals surface area contributed by atoms with E-state index in [4.69, 9.17) is 14.2 Å². The fourth-order valence-electron chi connectivity index (χ4n) is 3.83. The standard InChI is InChI=1S/C24H26F3N3O3/c1-14(17-5-4-6-18(9-17)24(25,26)27)28-23-19-10-22(33-13-16-7-8-32-12-16)21(31-3)11-20(19)29-15(2)30-23/h4-6,9-11,14,16H,7-8,12-13H2,1-3H3,(H,28,29,30)/t14-,16-/m1/s1. The second-order valence-corrected chi connectivity index (χ2v) is 8.17. The van der Waals surface area contributed by atoms with Crippen molar-refractivity contribution in [3.8, 4) is 11.5 Å².